The van der Waals surface area contributed by atoms with Crippen molar-refractivity contribution in [2.24, 2.45) is 11.8 Å². The van der Waals surface area contributed by atoms with Crippen molar-refractivity contribution in [3.05, 3.63) is 33.8 Å². The number of carbonyl (C=O) groups excluding carboxylic acids is 1. The molecular formula is C15H17Cl2NO3. The maximum Gasteiger partial charge on any atom is 0.308 e. The summed E-state index contributed by atoms with van der Waals surface area (Å²) < 4.78 is 0. The van der Waals surface area contributed by atoms with Crippen LogP contribution in [0.3, 0.4) is 0 Å². The second kappa shape index (κ2) is 6.67. The van der Waals surface area contributed by atoms with Crippen LogP contribution in [-0.2, 0) is 16.0 Å². The van der Waals surface area contributed by atoms with Gasteiger partial charge < -0.3 is 10.0 Å². The van der Waals surface area contributed by atoms with E-state index in [2.05, 4.69) is 0 Å². The van der Waals surface area contributed by atoms with E-state index in [9.17, 15) is 9.59 Å². The number of carbonyl (C=O) groups is 2. The minimum atomic E-state index is -0.852. The predicted octanol–water partition coefficient (Wildman–Crippen LogP) is 3.11. The summed E-state index contributed by atoms with van der Waals surface area (Å²) in [6.07, 6.45) is 0.698. The van der Waals surface area contributed by atoms with Gasteiger partial charge in [0.2, 0.25) is 5.91 Å². The zero-order valence-corrected chi connectivity index (χ0v) is 13.2. The molecule has 21 heavy (non-hydrogen) atoms. The summed E-state index contributed by atoms with van der Waals surface area (Å²) in [5, 5.41) is 10.1. The first-order valence-corrected chi connectivity index (χ1v) is 7.57. The van der Waals surface area contributed by atoms with Crippen LogP contribution < -0.4 is 0 Å². The van der Waals surface area contributed by atoms with Gasteiger partial charge in [-0.2, -0.15) is 0 Å². The molecule has 1 heterocycles. The number of carboxylic acids is 1. The standard InChI is InChI=1S/C15H17Cl2NO3/c1-9-5-10(15(20)21)8-18(7-9)14(19)6-11-12(16)3-2-4-13(11)17/h2-4,9-10H,5-8H2,1H3,(H,20,21). The molecule has 1 aromatic rings. The number of nitrogens with zero attached hydrogens (tertiary/aromatic N) is 1. The van der Waals surface area contributed by atoms with Crippen LogP contribution in [0, 0.1) is 11.8 Å². The van der Waals surface area contributed by atoms with Gasteiger partial charge in [-0.25, -0.2) is 0 Å². The van der Waals surface area contributed by atoms with Crippen LogP contribution in [0.2, 0.25) is 10.0 Å². The summed E-state index contributed by atoms with van der Waals surface area (Å²) in [6, 6.07) is 5.10. The van der Waals surface area contributed by atoms with Gasteiger partial charge in [-0.1, -0.05) is 36.2 Å². The first-order chi connectivity index (χ1) is 9.88. The van der Waals surface area contributed by atoms with Crippen LogP contribution in [0.25, 0.3) is 0 Å². The second-order valence-corrected chi connectivity index (χ2v) is 6.37. The molecule has 1 aliphatic rings. The van der Waals surface area contributed by atoms with E-state index in [1.165, 1.54) is 0 Å². The second-order valence-electron chi connectivity index (χ2n) is 5.55. The molecule has 0 saturated carbocycles. The van der Waals surface area contributed by atoms with Crippen molar-refractivity contribution in [2.45, 2.75) is 19.8 Å². The Morgan fingerprint density at radius 2 is 1.90 bits per heavy atom. The topological polar surface area (TPSA) is 57.6 Å². The number of benzene rings is 1. The molecule has 4 nitrogen and oxygen atoms in total. The summed E-state index contributed by atoms with van der Waals surface area (Å²) >= 11 is 12.1. The van der Waals surface area contributed by atoms with Gasteiger partial charge in [0, 0.05) is 23.1 Å². The summed E-state index contributed by atoms with van der Waals surface area (Å²) in [7, 11) is 0. The lowest BCUT2D eigenvalue weighted by atomic mass is 9.90. The van der Waals surface area contributed by atoms with E-state index < -0.39 is 11.9 Å². The third-order valence-corrected chi connectivity index (χ3v) is 4.46. The highest BCUT2D eigenvalue weighted by molar-refractivity contribution is 6.36. The molecule has 2 rings (SSSR count). The predicted molar refractivity (Wildman–Crippen MR) is 81.7 cm³/mol. The zero-order valence-electron chi connectivity index (χ0n) is 11.7. The molecule has 1 amide bonds. The van der Waals surface area contributed by atoms with Crippen LogP contribution in [0.4, 0.5) is 0 Å². The van der Waals surface area contributed by atoms with Crippen LogP contribution in [0.5, 0.6) is 0 Å². The van der Waals surface area contributed by atoms with Gasteiger partial charge in [0.1, 0.15) is 0 Å². The Kier molecular flexibility index (Phi) is 5.12. The quantitative estimate of drug-likeness (QED) is 0.926. The van der Waals surface area contributed by atoms with Crippen molar-refractivity contribution in [1.29, 1.82) is 0 Å². The van der Waals surface area contributed by atoms with Crippen molar-refractivity contribution in [3.63, 3.8) is 0 Å². The molecule has 1 aromatic carbocycles. The Labute approximate surface area is 133 Å². The Morgan fingerprint density at radius 1 is 1.29 bits per heavy atom. The Bertz CT molecular complexity index is 542. The van der Waals surface area contributed by atoms with E-state index in [0.29, 0.717) is 28.6 Å². The Morgan fingerprint density at radius 3 is 2.48 bits per heavy atom. The number of aliphatic carboxylic acids is 1. The normalized spacial score (nSPS) is 22.1. The highest BCUT2D eigenvalue weighted by Gasteiger charge is 2.32. The molecule has 1 aliphatic heterocycles. The average Bonchev–Trinajstić information content (AvgIpc) is 2.42. The highest BCUT2D eigenvalue weighted by atomic mass is 35.5. The van der Waals surface area contributed by atoms with E-state index in [1.54, 1.807) is 23.1 Å². The SMILES string of the molecule is CC1CC(C(=O)O)CN(C(=O)Cc2c(Cl)cccc2Cl)C1. The number of carboxylic acid groups (broad SMARTS) is 1. The summed E-state index contributed by atoms with van der Waals surface area (Å²) in [5.41, 5.74) is 0.593. The van der Waals surface area contributed by atoms with Crippen LogP contribution >= 0.6 is 23.2 Å². The molecule has 0 spiro atoms. The number of hydrogen-bond acceptors (Lipinski definition) is 2. The van der Waals surface area contributed by atoms with Crippen molar-refractivity contribution in [3.8, 4) is 0 Å². The first-order valence-electron chi connectivity index (χ1n) is 6.82. The molecular weight excluding hydrogens is 313 g/mol. The highest BCUT2D eigenvalue weighted by Crippen LogP contribution is 2.27. The van der Waals surface area contributed by atoms with Gasteiger partial charge >= 0.3 is 5.97 Å². The van der Waals surface area contributed by atoms with Gasteiger partial charge in [-0.3, -0.25) is 9.59 Å². The third kappa shape index (κ3) is 3.89. The fourth-order valence-electron chi connectivity index (χ4n) is 2.70. The van der Waals surface area contributed by atoms with Crippen molar-refractivity contribution >= 4 is 35.1 Å². The minimum absolute atomic E-state index is 0.0948. The molecule has 114 valence electrons. The van der Waals surface area contributed by atoms with Gasteiger partial charge in [0.25, 0.3) is 0 Å². The summed E-state index contributed by atoms with van der Waals surface area (Å²) in [6.45, 7) is 2.78. The molecule has 6 heteroatoms. The smallest absolute Gasteiger partial charge is 0.308 e. The number of rotatable bonds is 3. The lowest BCUT2D eigenvalue weighted by Gasteiger charge is -2.34. The van der Waals surface area contributed by atoms with E-state index >= 15 is 0 Å². The summed E-state index contributed by atoms with van der Waals surface area (Å²) in [5.74, 6) is -1.32. The van der Waals surface area contributed by atoms with E-state index in [-0.39, 0.29) is 24.8 Å². The van der Waals surface area contributed by atoms with Gasteiger partial charge in [0.15, 0.2) is 0 Å². The molecule has 0 aliphatic carbocycles. The number of amides is 1. The number of piperidine rings is 1. The molecule has 0 aromatic heterocycles. The average molecular weight is 330 g/mol. The molecule has 0 radical (unpaired) electrons. The fourth-order valence-corrected chi connectivity index (χ4v) is 3.23. The lowest BCUT2D eigenvalue weighted by molar-refractivity contribution is -0.146. The Balaban J connectivity index is 2.11. The summed E-state index contributed by atoms with van der Waals surface area (Å²) in [4.78, 5) is 25.2. The lowest BCUT2D eigenvalue weighted by Crippen LogP contribution is -2.46. The molecule has 1 fully saturated rings. The number of hydrogen-bond donors (Lipinski definition) is 1. The van der Waals surface area contributed by atoms with E-state index in [4.69, 9.17) is 28.3 Å². The largest absolute Gasteiger partial charge is 0.481 e. The molecule has 1 saturated heterocycles. The van der Waals surface area contributed by atoms with Crippen LogP contribution in [0.15, 0.2) is 18.2 Å². The van der Waals surface area contributed by atoms with Gasteiger partial charge in [-0.05, 0) is 30.0 Å². The Hall–Kier alpha value is -1.26. The maximum absolute atomic E-state index is 12.4. The van der Waals surface area contributed by atoms with Crippen LogP contribution in [0.1, 0.15) is 18.9 Å². The van der Waals surface area contributed by atoms with E-state index in [1.807, 2.05) is 6.92 Å². The first kappa shape index (κ1) is 16.1. The number of likely N-dealkylation sites (tertiary alicyclic amines) is 1. The third-order valence-electron chi connectivity index (χ3n) is 3.75. The number of halogens is 2. The van der Waals surface area contributed by atoms with Crippen molar-refractivity contribution in [1.82, 2.24) is 4.90 Å². The minimum Gasteiger partial charge on any atom is -0.481 e. The van der Waals surface area contributed by atoms with Crippen molar-refractivity contribution in [2.75, 3.05) is 13.1 Å². The molecule has 1 N–H and O–H groups in total. The zero-order chi connectivity index (χ0) is 15.6. The van der Waals surface area contributed by atoms with E-state index in [0.717, 1.165) is 0 Å². The monoisotopic (exact) mass is 329 g/mol. The molecule has 0 bridgehead atoms. The van der Waals surface area contributed by atoms with Gasteiger partial charge in [0.05, 0.1) is 12.3 Å². The molecule has 2 unspecified atom stereocenters. The van der Waals surface area contributed by atoms with Gasteiger partial charge in [-0.15, -0.1) is 0 Å². The van der Waals surface area contributed by atoms with Crippen molar-refractivity contribution < 1.29 is 14.7 Å². The van der Waals surface area contributed by atoms with Crippen LogP contribution in [-0.4, -0.2) is 35.0 Å². The molecule has 2 atom stereocenters. The maximum atomic E-state index is 12.4. The fraction of sp³-hybridized carbons (Fsp3) is 0.467.